The van der Waals surface area contributed by atoms with Crippen LogP contribution in [-0.2, 0) is 10.8 Å². The highest BCUT2D eigenvalue weighted by Crippen LogP contribution is 2.29. The summed E-state index contributed by atoms with van der Waals surface area (Å²) in [5.41, 5.74) is 2.54. The molecule has 0 bridgehead atoms. The van der Waals surface area contributed by atoms with Crippen LogP contribution < -0.4 is 15.0 Å². The Balaban J connectivity index is 1.45. The fraction of sp³-hybridized carbons (Fsp3) is 0.450. The van der Waals surface area contributed by atoms with Crippen LogP contribution in [0.15, 0.2) is 24.3 Å². The minimum absolute atomic E-state index is 0.224. The number of halogens is 2. The third-order valence-electron chi connectivity index (χ3n) is 5.36. The minimum Gasteiger partial charge on any atom is -0.467 e. The van der Waals surface area contributed by atoms with Gasteiger partial charge in [-0.3, -0.25) is 0 Å². The maximum atomic E-state index is 6.13. The molecule has 0 aliphatic carbocycles. The number of aromatic amines is 1. The SMILES string of the molecule is COc1nc(NCCc2ccc(Cl)cc2CI)cc(N2CCCC(c3nn[nH]n3)C2)n1. The van der Waals surface area contributed by atoms with Gasteiger partial charge in [0.05, 0.1) is 7.11 Å². The molecule has 164 valence electrons. The molecule has 9 nitrogen and oxygen atoms in total. The molecule has 0 saturated carbocycles. The van der Waals surface area contributed by atoms with Gasteiger partial charge in [-0.1, -0.05) is 45.5 Å². The summed E-state index contributed by atoms with van der Waals surface area (Å²) in [5, 5.41) is 18.7. The zero-order valence-electron chi connectivity index (χ0n) is 17.2. The number of ether oxygens (including phenoxy) is 1. The maximum Gasteiger partial charge on any atom is 0.320 e. The Hall–Kier alpha value is -2.21. The summed E-state index contributed by atoms with van der Waals surface area (Å²) >= 11 is 8.49. The first-order chi connectivity index (χ1) is 15.2. The van der Waals surface area contributed by atoms with Crippen LogP contribution >= 0.6 is 34.2 Å². The Bertz CT molecular complexity index is 1000. The summed E-state index contributed by atoms with van der Waals surface area (Å²) < 4.78 is 6.28. The number of rotatable bonds is 8. The first kappa shape index (κ1) is 22.0. The quantitative estimate of drug-likeness (QED) is 0.321. The Labute approximate surface area is 199 Å². The van der Waals surface area contributed by atoms with Gasteiger partial charge < -0.3 is 15.0 Å². The van der Waals surface area contributed by atoms with E-state index in [1.165, 1.54) is 11.1 Å². The second-order valence-electron chi connectivity index (χ2n) is 7.38. The molecule has 1 unspecified atom stereocenters. The van der Waals surface area contributed by atoms with Crippen LogP contribution in [0.25, 0.3) is 0 Å². The average Bonchev–Trinajstić information content (AvgIpc) is 3.35. The Morgan fingerprint density at radius 2 is 2.19 bits per heavy atom. The van der Waals surface area contributed by atoms with Gasteiger partial charge in [-0.15, -0.1) is 10.2 Å². The summed E-state index contributed by atoms with van der Waals surface area (Å²) in [7, 11) is 1.58. The number of alkyl halides is 1. The Morgan fingerprint density at radius 1 is 1.29 bits per heavy atom. The van der Waals surface area contributed by atoms with Crippen molar-refractivity contribution < 1.29 is 4.74 Å². The second-order valence-corrected chi connectivity index (χ2v) is 8.58. The highest BCUT2D eigenvalue weighted by Gasteiger charge is 2.26. The standard InChI is InChI=1S/C20H24ClIN8O/c1-31-20-24-17(23-7-6-13-4-5-16(21)9-15(13)11-22)10-18(25-20)30-8-2-3-14(12-30)19-26-28-29-27-19/h4-5,9-10,14H,2-3,6-8,11-12H2,1H3,(H,23,24,25)(H,26,27,28,29). The van der Waals surface area contributed by atoms with Gasteiger partial charge in [-0.05, 0) is 42.5 Å². The van der Waals surface area contributed by atoms with Crippen molar-refractivity contribution in [2.75, 3.05) is 37.0 Å². The number of hydrogen-bond acceptors (Lipinski definition) is 8. The van der Waals surface area contributed by atoms with Gasteiger partial charge in [0.25, 0.3) is 0 Å². The molecule has 1 aromatic carbocycles. The number of H-pyrrole nitrogens is 1. The van der Waals surface area contributed by atoms with Crippen LogP contribution in [0.3, 0.4) is 0 Å². The molecular formula is C20H24ClIN8O. The summed E-state index contributed by atoms with van der Waals surface area (Å²) in [6, 6.07) is 8.39. The van der Waals surface area contributed by atoms with E-state index in [4.69, 9.17) is 16.3 Å². The fourth-order valence-corrected chi connectivity index (χ4v) is 4.69. The van der Waals surface area contributed by atoms with Gasteiger partial charge >= 0.3 is 6.01 Å². The molecule has 3 heterocycles. The third kappa shape index (κ3) is 5.53. The van der Waals surface area contributed by atoms with Crippen molar-refractivity contribution in [1.82, 2.24) is 30.6 Å². The Kier molecular flexibility index (Phi) is 7.38. The highest BCUT2D eigenvalue weighted by atomic mass is 127. The van der Waals surface area contributed by atoms with Crippen molar-refractivity contribution in [2.24, 2.45) is 0 Å². The number of aromatic nitrogens is 6. The van der Waals surface area contributed by atoms with E-state index in [2.05, 4.69) is 69.5 Å². The van der Waals surface area contributed by atoms with Gasteiger partial charge in [0.15, 0.2) is 5.82 Å². The summed E-state index contributed by atoms with van der Waals surface area (Å²) in [4.78, 5) is 11.3. The number of tetrazole rings is 1. The van der Waals surface area contributed by atoms with E-state index in [1.807, 2.05) is 18.2 Å². The first-order valence-electron chi connectivity index (χ1n) is 10.1. The van der Waals surface area contributed by atoms with Crippen molar-refractivity contribution in [1.29, 1.82) is 0 Å². The summed E-state index contributed by atoms with van der Waals surface area (Å²) in [6.07, 6.45) is 2.94. The lowest BCUT2D eigenvalue weighted by Crippen LogP contribution is -2.35. The smallest absolute Gasteiger partial charge is 0.320 e. The van der Waals surface area contributed by atoms with Crippen LogP contribution in [0.1, 0.15) is 35.7 Å². The number of methoxy groups -OCH3 is 1. The van der Waals surface area contributed by atoms with E-state index in [9.17, 15) is 0 Å². The number of nitrogens with zero attached hydrogens (tertiary/aromatic N) is 6. The lowest BCUT2D eigenvalue weighted by molar-refractivity contribution is 0.379. The third-order valence-corrected chi connectivity index (χ3v) is 6.42. The highest BCUT2D eigenvalue weighted by molar-refractivity contribution is 14.1. The first-order valence-corrected chi connectivity index (χ1v) is 12.0. The fourth-order valence-electron chi connectivity index (χ4n) is 3.78. The second kappa shape index (κ2) is 10.4. The van der Waals surface area contributed by atoms with Gasteiger partial charge in [-0.25, -0.2) is 0 Å². The molecule has 1 aliphatic heterocycles. The zero-order chi connectivity index (χ0) is 21.6. The molecular weight excluding hydrogens is 531 g/mol. The number of anilines is 2. The van der Waals surface area contributed by atoms with Gasteiger partial charge in [0.2, 0.25) is 0 Å². The molecule has 1 aliphatic rings. The minimum atomic E-state index is 0.224. The van der Waals surface area contributed by atoms with Crippen molar-refractivity contribution in [2.45, 2.75) is 29.6 Å². The molecule has 0 spiro atoms. The number of nitrogens with one attached hydrogen (secondary N) is 2. The molecule has 11 heteroatoms. The summed E-state index contributed by atoms with van der Waals surface area (Å²) in [6.45, 7) is 2.44. The van der Waals surface area contributed by atoms with E-state index in [1.54, 1.807) is 7.11 Å². The molecule has 3 aromatic rings. The predicted octanol–water partition coefficient (Wildman–Crippen LogP) is 3.63. The molecule has 31 heavy (non-hydrogen) atoms. The van der Waals surface area contributed by atoms with E-state index in [0.717, 1.165) is 65.8 Å². The van der Waals surface area contributed by atoms with E-state index < -0.39 is 0 Å². The predicted molar refractivity (Wildman–Crippen MR) is 128 cm³/mol. The van der Waals surface area contributed by atoms with Crippen molar-refractivity contribution >= 4 is 45.8 Å². The molecule has 2 N–H and O–H groups in total. The average molecular weight is 555 g/mol. The topological polar surface area (TPSA) is 105 Å². The van der Waals surface area contributed by atoms with Gasteiger partial charge in [-0.2, -0.15) is 15.2 Å². The largest absolute Gasteiger partial charge is 0.467 e. The molecule has 2 aromatic heterocycles. The lowest BCUT2D eigenvalue weighted by Gasteiger charge is -2.32. The molecule has 1 atom stereocenters. The Morgan fingerprint density at radius 3 is 2.97 bits per heavy atom. The lowest BCUT2D eigenvalue weighted by atomic mass is 9.97. The van der Waals surface area contributed by atoms with Crippen molar-refractivity contribution in [3.05, 3.63) is 46.2 Å². The van der Waals surface area contributed by atoms with E-state index in [0.29, 0.717) is 6.01 Å². The van der Waals surface area contributed by atoms with Crippen LogP contribution in [0.4, 0.5) is 11.6 Å². The van der Waals surface area contributed by atoms with E-state index in [-0.39, 0.29) is 5.92 Å². The van der Waals surface area contributed by atoms with Gasteiger partial charge in [0, 0.05) is 41.1 Å². The maximum absolute atomic E-state index is 6.13. The molecule has 1 fully saturated rings. The van der Waals surface area contributed by atoms with Crippen LogP contribution in [0.5, 0.6) is 6.01 Å². The monoisotopic (exact) mass is 554 g/mol. The number of piperidine rings is 1. The zero-order valence-corrected chi connectivity index (χ0v) is 20.1. The molecule has 0 radical (unpaired) electrons. The number of hydrogen-bond donors (Lipinski definition) is 2. The van der Waals surface area contributed by atoms with Crippen LogP contribution in [0, 0.1) is 0 Å². The number of benzene rings is 1. The molecule has 4 rings (SSSR count). The van der Waals surface area contributed by atoms with E-state index >= 15 is 0 Å². The van der Waals surface area contributed by atoms with Crippen LogP contribution in [-0.4, -0.2) is 57.3 Å². The van der Waals surface area contributed by atoms with Gasteiger partial charge in [0.1, 0.15) is 11.6 Å². The molecule has 1 saturated heterocycles. The van der Waals surface area contributed by atoms with Crippen LogP contribution in [0.2, 0.25) is 5.02 Å². The molecule has 0 amide bonds. The summed E-state index contributed by atoms with van der Waals surface area (Å²) in [5.74, 6) is 2.55. The van der Waals surface area contributed by atoms with Crippen molar-refractivity contribution in [3.63, 3.8) is 0 Å². The normalized spacial score (nSPS) is 16.4. The van der Waals surface area contributed by atoms with Crippen molar-refractivity contribution in [3.8, 4) is 6.01 Å².